The molecule has 4 aromatic rings. The third-order valence-corrected chi connectivity index (χ3v) is 5.98. The van der Waals surface area contributed by atoms with Gasteiger partial charge in [-0.25, -0.2) is 13.9 Å². The number of fused-ring (bicyclic) bond motifs is 2. The van der Waals surface area contributed by atoms with Crippen molar-refractivity contribution < 1.29 is 9.18 Å². The van der Waals surface area contributed by atoms with E-state index in [2.05, 4.69) is 25.3 Å². The van der Waals surface area contributed by atoms with E-state index in [1.54, 1.807) is 41.7 Å². The average Bonchev–Trinajstić information content (AvgIpc) is 3.39. The van der Waals surface area contributed by atoms with Crippen molar-refractivity contribution in [1.29, 1.82) is 0 Å². The molecule has 0 spiro atoms. The highest BCUT2D eigenvalue weighted by Gasteiger charge is 2.34. The Morgan fingerprint density at radius 3 is 2.81 bits per heavy atom. The first-order valence-corrected chi connectivity index (χ1v) is 10.2. The molecule has 4 aromatic heterocycles. The van der Waals surface area contributed by atoms with E-state index in [0.717, 1.165) is 37.3 Å². The number of anilines is 1. The summed E-state index contributed by atoms with van der Waals surface area (Å²) in [5.74, 6) is 0.196. The van der Waals surface area contributed by atoms with Gasteiger partial charge in [-0.05, 0) is 36.8 Å². The van der Waals surface area contributed by atoms with Crippen LogP contribution < -0.4 is 4.90 Å². The fourth-order valence-electron chi connectivity index (χ4n) is 4.23. The highest BCUT2D eigenvalue weighted by atomic mass is 19.1. The van der Waals surface area contributed by atoms with Crippen LogP contribution in [-0.2, 0) is 6.42 Å². The first kappa shape index (κ1) is 18.0. The minimum absolute atomic E-state index is 0.0918. The van der Waals surface area contributed by atoms with E-state index in [1.165, 1.54) is 10.6 Å². The molecule has 9 nitrogen and oxygen atoms in total. The van der Waals surface area contributed by atoms with Crippen LogP contribution in [0.3, 0.4) is 0 Å². The van der Waals surface area contributed by atoms with E-state index in [1.807, 2.05) is 4.90 Å². The van der Waals surface area contributed by atoms with Crippen molar-refractivity contribution in [2.45, 2.75) is 18.9 Å². The monoisotopic (exact) mass is 418 g/mol. The second-order valence-corrected chi connectivity index (χ2v) is 7.79. The molecule has 2 aliphatic heterocycles. The lowest BCUT2D eigenvalue weighted by atomic mass is 9.99. The predicted molar refractivity (Wildman–Crippen MR) is 109 cm³/mol. The summed E-state index contributed by atoms with van der Waals surface area (Å²) in [5.41, 5.74) is 3.27. The Bertz CT molecular complexity index is 1280. The Labute approximate surface area is 176 Å². The first-order chi connectivity index (χ1) is 15.2. The molecule has 0 radical (unpaired) electrons. The summed E-state index contributed by atoms with van der Waals surface area (Å²) in [6, 6.07) is 7.95. The van der Waals surface area contributed by atoms with Crippen LogP contribution in [0, 0.1) is 5.82 Å². The van der Waals surface area contributed by atoms with E-state index < -0.39 is 0 Å². The fourth-order valence-corrected chi connectivity index (χ4v) is 4.23. The van der Waals surface area contributed by atoms with E-state index >= 15 is 0 Å². The van der Waals surface area contributed by atoms with Gasteiger partial charge in [-0.3, -0.25) is 4.79 Å². The maximum absolute atomic E-state index is 14.3. The molecule has 156 valence electrons. The zero-order valence-electron chi connectivity index (χ0n) is 16.6. The van der Waals surface area contributed by atoms with Crippen LogP contribution in [0.5, 0.6) is 0 Å². The number of amides is 1. The number of likely N-dealkylation sites (tertiary alicyclic amines) is 1. The Hall–Kier alpha value is -3.82. The molecule has 6 heterocycles. The smallest absolute Gasteiger partial charge is 0.274 e. The van der Waals surface area contributed by atoms with Crippen molar-refractivity contribution in [1.82, 2.24) is 34.7 Å². The number of carbonyl (C=O) groups is 1. The van der Waals surface area contributed by atoms with Crippen molar-refractivity contribution >= 4 is 17.2 Å². The molecular weight excluding hydrogens is 399 g/mol. The number of rotatable bonds is 3. The second-order valence-electron chi connectivity index (χ2n) is 7.79. The van der Waals surface area contributed by atoms with Crippen LogP contribution in [0.1, 0.15) is 40.0 Å². The molecule has 1 saturated heterocycles. The van der Waals surface area contributed by atoms with Crippen LogP contribution in [-0.4, -0.2) is 60.2 Å². The number of imidazole rings is 1. The number of nitrogens with one attached hydrogen (secondary N) is 1. The van der Waals surface area contributed by atoms with Crippen molar-refractivity contribution in [3.63, 3.8) is 0 Å². The summed E-state index contributed by atoms with van der Waals surface area (Å²) < 4.78 is 15.8. The van der Waals surface area contributed by atoms with Crippen molar-refractivity contribution in [2.75, 3.05) is 24.5 Å². The third-order valence-electron chi connectivity index (χ3n) is 5.98. The van der Waals surface area contributed by atoms with Gasteiger partial charge in [-0.2, -0.15) is 5.10 Å². The van der Waals surface area contributed by atoms with Gasteiger partial charge in [-0.15, -0.1) is 10.2 Å². The number of carbonyl (C=O) groups excluding carboxylic acids is 1. The number of hydrogen-bond acceptors (Lipinski definition) is 6. The largest absolute Gasteiger partial charge is 0.348 e. The molecule has 1 atom stereocenters. The zero-order chi connectivity index (χ0) is 20.9. The minimum Gasteiger partial charge on any atom is -0.348 e. The number of halogens is 1. The molecule has 0 aliphatic carbocycles. The van der Waals surface area contributed by atoms with E-state index in [-0.39, 0.29) is 17.8 Å². The topological polar surface area (TPSA) is 95.3 Å². The third kappa shape index (κ3) is 2.86. The Kier molecular flexibility index (Phi) is 3.98. The molecule has 1 fully saturated rings. The second kappa shape index (κ2) is 6.86. The number of aromatic amines is 1. The molecular formula is C21H19FN8O. The number of aromatic nitrogens is 6. The molecule has 31 heavy (non-hydrogen) atoms. The van der Waals surface area contributed by atoms with Gasteiger partial charge in [0.1, 0.15) is 17.4 Å². The van der Waals surface area contributed by atoms with Crippen LogP contribution in [0.25, 0.3) is 5.52 Å². The lowest BCUT2D eigenvalue weighted by Crippen LogP contribution is -2.42. The molecule has 0 aromatic carbocycles. The van der Waals surface area contributed by atoms with Crippen LogP contribution in [0.15, 0.2) is 42.9 Å². The maximum atomic E-state index is 14.3. The summed E-state index contributed by atoms with van der Waals surface area (Å²) >= 11 is 0. The van der Waals surface area contributed by atoms with Crippen LogP contribution in [0.2, 0.25) is 0 Å². The van der Waals surface area contributed by atoms with E-state index in [9.17, 15) is 9.18 Å². The predicted octanol–water partition coefficient (Wildman–Crippen LogP) is 1.98. The van der Waals surface area contributed by atoms with Gasteiger partial charge in [0.25, 0.3) is 5.91 Å². The Balaban J connectivity index is 1.40. The van der Waals surface area contributed by atoms with Gasteiger partial charge in [0.2, 0.25) is 0 Å². The molecule has 10 heteroatoms. The van der Waals surface area contributed by atoms with E-state index in [4.69, 9.17) is 0 Å². The molecule has 1 N–H and O–H groups in total. The molecule has 0 saturated carbocycles. The number of hydrogen-bond donors (Lipinski definition) is 1. The highest BCUT2D eigenvalue weighted by Crippen LogP contribution is 2.36. The molecule has 2 aliphatic rings. The maximum Gasteiger partial charge on any atom is 0.274 e. The fraction of sp³-hybridized carbons (Fsp3) is 0.286. The normalized spacial score (nSPS) is 18.2. The van der Waals surface area contributed by atoms with Crippen LogP contribution >= 0.6 is 0 Å². The van der Waals surface area contributed by atoms with Crippen molar-refractivity contribution in [2.24, 2.45) is 0 Å². The first-order valence-electron chi connectivity index (χ1n) is 10.2. The summed E-state index contributed by atoms with van der Waals surface area (Å²) in [7, 11) is 0. The summed E-state index contributed by atoms with van der Waals surface area (Å²) in [4.78, 5) is 23.9. The number of pyridine rings is 1. The van der Waals surface area contributed by atoms with Gasteiger partial charge in [0, 0.05) is 37.9 Å². The Morgan fingerprint density at radius 1 is 1.16 bits per heavy atom. The van der Waals surface area contributed by atoms with Gasteiger partial charge in [-0.1, -0.05) is 0 Å². The minimum atomic E-state index is -0.347. The van der Waals surface area contributed by atoms with Gasteiger partial charge in [0.15, 0.2) is 11.5 Å². The van der Waals surface area contributed by atoms with Crippen LogP contribution in [0.4, 0.5) is 10.2 Å². The molecule has 1 amide bonds. The van der Waals surface area contributed by atoms with Crippen molar-refractivity contribution in [3.8, 4) is 0 Å². The van der Waals surface area contributed by atoms with Gasteiger partial charge >= 0.3 is 0 Å². The SMILES string of the molecule is O=C(c1ccc(N2CCc3[nH]cnc3[C@@H]2c2cc3c(F)cccn3n2)nn1)N1CCC1. The quantitative estimate of drug-likeness (QED) is 0.547. The van der Waals surface area contributed by atoms with Crippen molar-refractivity contribution in [3.05, 3.63) is 71.4 Å². The number of nitrogens with zero attached hydrogens (tertiary/aromatic N) is 7. The summed E-state index contributed by atoms with van der Waals surface area (Å²) in [6.45, 7) is 2.19. The summed E-state index contributed by atoms with van der Waals surface area (Å²) in [6.07, 6.45) is 5.16. The highest BCUT2D eigenvalue weighted by molar-refractivity contribution is 5.92. The van der Waals surface area contributed by atoms with Gasteiger partial charge < -0.3 is 14.8 Å². The molecule has 0 bridgehead atoms. The lowest BCUT2D eigenvalue weighted by Gasteiger charge is -2.34. The van der Waals surface area contributed by atoms with E-state index in [0.29, 0.717) is 29.3 Å². The lowest BCUT2D eigenvalue weighted by molar-refractivity contribution is 0.0644. The molecule has 6 rings (SSSR count). The van der Waals surface area contributed by atoms with Gasteiger partial charge in [0.05, 0.1) is 17.7 Å². The zero-order valence-corrected chi connectivity index (χ0v) is 16.6. The molecule has 0 unspecified atom stereocenters. The standard InChI is InChI=1S/C21H19FN8O/c22-13-3-1-9-30-17(13)11-16(27-30)20-19-14(23-12-24-19)6-10-29(20)18-5-4-15(25-26-18)21(31)28-7-2-8-28/h1,3-5,9,11-12,20H,2,6-8,10H2,(H,23,24)/t20-/m0/s1. The average molecular weight is 418 g/mol. The summed E-state index contributed by atoms with van der Waals surface area (Å²) in [5, 5.41) is 13.2. The Morgan fingerprint density at radius 2 is 2.06 bits per heavy atom. The number of H-pyrrole nitrogens is 1.